The Morgan fingerprint density at radius 1 is 1.28 bits per heavy atom. The molecule has 29 heavy (non-hydrogen) atoms. The molecule has 0 aliphatic carbocycles. The van der Waals surface area contributed by atoms with E-state index in [-0.39, 0.29) is 29.7 Å². The van der Waals surface area contributed by atoms with Crippen molar-refractivity contribution in [2.45, 2.75) is 19.4 Å². The lowest BCUT2D eigenvalue weighted by molar-refractivity contribution is 0.440. The van der Waals surface area contributed by atoms with Crippen molar-refractivity contribution >= 4 is 41.3 Å². The van der Waals surface area contributed by atoms with E-state index in [0.717, 1.165) is 12.1 Å². The quantitative estimate of drug-likeness (QED) is 0.254. The fourth-order valence-electron chi connectivity index (χ4n) is 2.60. The first-order valence-corrected chi connectivity index (χ1v) is 9.93. The minimum atomic E-state index is -0.419. The van der Waals surface area contributed by atoms with Gasteiger partial charge in [-0.1, -0.05) is 13.0 Å². The molecule has 0 bridgehead atoms. The number of hydrogen-bond acceptors (Lipinski definition) is 4. The molecular formula is C21H24FIN4OS. The van der Waals surface area contributed by atoms with Gasteiger partial charge in [-0.25, -0.2) is 4.39 Å². The number of aliphatic imine (C=N–C) groups is 1. The number of nitrogens with zero attached hydrogens (tertiary/aromatic N) is 2. The maximum absolute atomic E-state index is 14.3. The van der Waals surface area contributed by atoms with E-state index < -0.39 is 5.82 Å². The van der Waals surface area contributed by atoms with Crippen molar-refractivity contribution in [1.29, 1.82) is 0 Å². The van der Waals surface area contributed by atoms with Gasteiger partial charge in [-0.05, 0) is 58.1 Å². The highest BCUT2D eigenvalue weighted by molar-refractivity contribution is 14.0. The predicted octanol–water partition coefficient (Wildman–Crippen LogP) is 5.16. The van der Waals surface area contributed by atoms with Crippen molar-refractivity contribution in [1.82, 2.24) is 15.6 Å². The number of nitrogens with one attached hydrogen (secondary N) is 2. The van der Waals surface area contributed by atoms with Crippen LogP contribution in [-0.2, 0) is 6.54 Å². The van der Waals surface area contributed by atoms with Crippen molar-refractivity contribution in [3.8, 4) is 11.5 Å². The summed E-state index contributed by atoms with van der Waals surface area (Å²) in [6, 6.07) is 10.5. The fraction of sp³-hybridized carbons (Fsp3) is 0.238. The van der Waals surface area contributed by atoms with E-state index in [9.17, 15) is 4.39 Å². The molecule has 1 aromatic carbocycles. The topological polar surface area (TPSA) is 58.5 Å². The molecule has 2 N–H and O–H groups in total. The molecule has 5 nitrogen and oxygen atoms in total. The van der Waals surface area contributed by atoms with Gasteiger partial charge in [0, 0.05) is 26.3 Å². The average Bonchev–Trinajstić information content (AvgIpc) is 3.25. The Kier molecular flexibility index (Phi) is 9.33. The van der Waals surface area contributed by atoms with Gasteiger partial charge in [0.2, 0.25) is 0 Å². The molecule has 3 aromatic rings. The summed E-state index contributed by atoms with van der Waals surface area (Å²) in [6.07, 6.45) is 3.18. The second kappa shape index (κ2) is 11.7. The summed E-state index contributed by atoms with van der Waals surface area (Å²) in [7, 11) is 1.72. The summed E-state index contributed by atoms with van der Waals surface area (Å²) in [6.45, 7) is 3.39. The van der Waals surface area contributed by atoms with E-state index in [4.69, 9.17) is 4.74 Å². The standard InChI is InChI=1S/C21H23FN4OS.HI/c1-15(17-7-9-28-14-17)11-25-21(23-2)26-12-16-5-6-20(19(22)10-16)27-18-4-3-8-24-13-18;/h3-10,13-15H,11-12H2,1-2H3,(H2,23,25,26);1H. The average molecular weight is 526 g/mol. The lowest BCUT2D eigenvalue weighted by atomic mass is 10.1. The molecule has 3 rings (SSSR count). The Hall–Kier alpha value is -2.20. The number of thiophene rings is 1. The summed E-state index contributed by atoms with van der Waals surface area (Å²) in [5.74, 6) is 1.31. The van der Waals surface area contributed by atoms with Crippen molar-refractivity contribution in [2.75, 3.05) is 13.6 Å². The molecule has 0 amide bonds. The number of hydrogen-bond donors (Lipinski definition) is 2. The zero-order valence-electron chi connectivity index (χ0n) is 16.3. The maximum Gasteiger partial charge on any atom is 0.191 e. The van der Waals surface area contributed by atoms with Gasteiger partial charge in [-0.2, -0.15) is 11.3 Å². The molecule has 0 fully saturated rings. The molecule has 0 spiro atoms. The van der Waals surface area contributed by atoms with Crippen LogP contribution in [0.3, 0.4) is 0 Å². The third-order valence-electron chi connectivity index (χ3n) is 4.23. The van der Waals surface area contributed by atoms with E-state index in [1.54, 1.807) is 49.0 Å². The van der Waals surface area contributed by atoms with Gasteiger partial charge in [0.05, 0.1) is 6.20 Å². The SMILES string of the molecule is CN=C(NCc1ccc(Oc2cccnc2)c(F)c1)NCC(C)c1ccsc1.I. The van der Waals surface area contributed by atoms with Crippen LogP contribution in [0.1, 0.15) is 24.0 Å². The lowest BCUT2D eigenvalue weighted by Gasteiger charge is -2.16. The smallest absolute Gasteiger partial charge is 0.191 e. The maximum atomic E-state index is 14.3. The first-order valence-electron chi connectivity index (χ1n) is 8.98. The Morgan fingerprint density at radius 3 is 2.79 bits per heavy atom. The third kappa shape index (κ3) is 6.97. The van der Waals surface area contributed by atoms with Crippen LogP contribution in [0.25, 0.3) is 0 Å². The van der Waals surface area contributed by atoms with Gasteiger partial charge in [0.15, 0.2) is 17.5 Å². The Labute approximate surface area is 191 Å². The molecule has 1 unspecified atom stereocenters. The molecule has 2 aromatic heterocycles. The highest BCUT2D eigenvalue weighted by Gasteiger charge is 2.09. The molecule has 0 radical (unpaired) electrons. The minimum absolute atomic E-state index is 0. The van der Waals surface area contributed by atoms with Crippen LogP contribution in [0.4, 0.5) is 4.39 Å². The number of aromatic nitrogens is 1. The van der Waals surface area contributed by atoms with Gasteiger partial charge >= 0.3 is 0 Å². The number of benzene rings is 1. The molecule has 154 valence electrons. The van der Waals surface area contributed by atoms with E-state index >= 15 is 0 Å². The molecular weight excluding hydrogens is 502 g/mol. The predicted molar refractivity (Wildman–Crippen MR) is 127 cm³/mol. The molecule has 8 heteroatoms. The summed E-state index contributed by atoms with van der Waals surface area (Å²) < 4.78 is 19.9. The fourth-order valence-corrected chi connectivity index (χ4v) is 3.38. The second-order valence-corrected chi connectivity index (χ2v) is 7.10. The van der Waals surface area contributed by atoms with Crippen LogP contribution in [0.15, 0.2) is 64.5 Å². The Bertz CT molecular complexity index is 906. The number of pyridine rings is 1. The number of ether oxygens (including phenoxy) is 1. The van der Waals surface area contributed by atoms with Gasteiger partial charge < -0.3 is 15.4 Å². The molecule has 0 saturated carbocycles. The van der Waals surface area contributed by atoms with Crippen LogP contribution in [0, 0.1) is 5.82 Å². The number of halogens is 2. The molecule has 0 aliphatic rings. The second-order valence-electron chi connectivity index (χ2n) is 6.32. The molecule has 0 aliphatic heterocycles. The molecule has 2 heterocycles. The van der Waals surface area contributed by atoms with E-state index in [2.05, 4.69) is 44.4 Å². The summed E-state index contributed by atoms with van der Waals surface area (Å²) in [4.78, 5) is 8.18. The van der Waals surface area contributed by atoms with Crippen molar-refractivity contribution in [3.63, 3.8) is 0 Å². The molecule has 1 atom stereocenters. The van der Waals surface area contributed by atoms with Crippen molar-refractivity contribution in [3.05, 3.63) is 76.5 Å². The normalized spacial score (nSPS) is 12.0. The van der Waals surface area contributed by atoms with Crippen LogP contribution < -0.4 is 15.4 Å². The van der Waals surface area contributed by atoms with Crippen LogP contribution in [0.5, 0.6) is 11.5 Å². The highest BCUT2D eigenvalue weighted by Crippen LogP contribution is 2.24. The summed E-state index contributed by atoms with van der Waals surface area (Å²) >= 11 is 1.70. The Balaban J connectivity index is 0.00000300. The van der Waals surface area contributed by atoms with E-state index in [1.807, 2.05) is 6.07 Å². The molecule has 0 saturated heterocycles. The Morgan fingerprint density at radius 2 is 2.14 bits per heavy atom. The lowest BCUT2D eigenvalue weighted by Crippen LogP contribution is -2.38. The van der Waals surface area contributed by atoms with Crippen LogP contribution in [0.2, 0.25) is 0 Å². The summed E-state index contributed by atoms with van der Waals surface area (Å²) in [5.41, 5.74) is 2.10. The van der Waals surface area contributed by atoms with Crippen LogP contribution in [-0.4, -0.2) is 24.5 Å². The first-order chi connectivity index (χ1) is 13.7. The zero-order valence-corrected chi connectivity index (χ0v) is 19.4. The van der Waals surface area contributed by atoms with Crippen molar-refractivity contribution in [2.24, 2.45) is 4.99 Å². The van der Waals surface area contributed by atoms with E-state index in [0.29, 0.717) is 24.2 Å². The number of guanidine groups is 1. The van der Waals surface area contributed by atoms with Crippen molar-refractivity contribution < 1.29 is 9.13 Å². The van der Waals surface area contributed by atoms with Gasteiger partial charge in [0.1, 0.15) is 5.75 Å². The highest BCUT2D eigenvalue weighted by atomic mass is 127. The largest absolute Gasteiger partial charge is 0.453 e. The van der Waals surface area contributed by atoms with Gasteiger partial charge in [-0.3, -0.25) is 9.98 Å². The van der Waals surface area contributed by atoms with Crippen LogP contribution >= 0.6 is 35.3 Å². The van der Waals surface area contributed by atoms with E-state index in [1.165, 1.54) is 11.6 Å². The number of rotatable bonds is 7. The van der Waals surface area contributed by atoms with Gasteiger partial charge in [0.25, 0.3) is 0 Å². The van der Waals surface area contributed by atoms with Gasteiger partial charge in [-0.15, -0.1) is 24.0 Å². The summed E-state index contributed by atoms with van der Waals surface area (Å²) in [5, 5.41) is 10.7. The minimum Gasteiger partial charge on any atom is -0.453 e. The third-order valence-corrected chi connectivity index (χ3v) is 4.93. The zero-order chi connectivity index (χ0) is 19.8. The first kappa shape index (κ1) is 23.1. The monoisotopic (exact) mass is 526 g/mol.